The van der Waals surface area contributed by atoms with Gasteiger partial charge in [-0.2, -0.15) is 0 Å². The number of pyridine rings is 1. The second kappa shape index (κ2) is 7.69. The van der Waals surface area contributed by atoms with Gasteiger partial charge in [0.2, 0.25) is 0 Å². The second-order valence-electron chi connectivity index (χ2n) is 6.67. The van der Waals surface area contributed by atoms with Crippen LogP contribution in [0.2, 0.25) is 20.5 Å². The van der Waals surface area contributed by atoms with E-state index in [4.69, 9.17) is 4.84 Å². The van der Waals surface area contributed by atoms with Crippen molar-refractivity contribution in [3.05, 3.63) is 65.7 Å². The fraction of sp³-hybridized carbons (Fsp3) is 0.400. The van der Waals surface area contributed by atoms with E-state index >= 15 is 0 Å². The van der Waals surface area contributed by atoms with E-state index in [2.05, 4.69) is 30.9 Å². The molecule has 132 valence electrons. The van der Waals surface area contributed by atoms with Crippen LogP contribution >= 0.6 is 0 Å². The number of rotatable bonds is 6. The minimum absolute atomic E-state index is 0.127. The van der Waals surface area contributed by atoms with Crippen LogP contribution in [0.4, 0.5) is 4.39 Å². The molecular weight excluding hydrogens is 376 g/mol. The third-order valence-corrected chi connectivity index (χ3v) is 18.6. The molecule has 3 rings (SSSR count). The van der Waals surface area contributed by atoms with Crippen molar-refractivity contribution < 1.29 is 9.23 Å². The number of benzene rings is 1. The molecule has 0 saturated heterocycles. The summed E-state index contributed by atoms with van der Waals surface area (Å²) in [6.07, 6.45) is 1.68. The predicted molar refractivity (Wildman–Crippen MR) is 102 cm³/mol. The first-order chi connectivity index (χ1) is 12.1. The Kier molecular flexibility index (Phi) is 5.57. The van der Waals surface area contributed by atoms with Crippen LogP contribution in [0.1, 0.15) is 38.1 Å². The average Bonchev–Trinajstić information content (AvgIpc) is 3.11. The van der Waals surface area contributed by atoms with E-state index in [1.807, 2.05) is 30.3 Å². The van der Waals surface area contributed by atoms with Gasteiger partial charge in [0.05, 0.1) is 0 Å². The molecule has 1 aliphatic heterocycles. The van der Waals surface area contributed by atoms with E-state index in [-0.39, 0.29) is 16.7 Å². The number of aromatic nitrogens is 1. The van der Waals surface area contributed by atoms with Crippen molar-refractivity contribution in [1.29, 1.82) is 0 Å². The molecule has 0 N–H and O–H groups in total. The van der Waals surface area contributed by atoms with Crippen LogP contribution in [0.15, 0.2) is 53.8 Å². The zero-order valence-corrected chi connectivity index (χ0v) is 17.2. The van der Waals surface area contributed by atoms with Gasteiger partial charge in [-0.3, -0.25) is 0 Å². The summed E-state index contributed by atoms with van der Waals surface area (Å²) in [4.78, 5) is 10.5. The van der Waals surface area contributed by atoms with Gasteiger partial charge in [-0.1, -0.05) is 0 Å². The van der Waals surface area contributed by atoms with E-state index in [1.54, 1.807) is 6.20 Å². The molecule has 3 nitrogen and oxygen atoms in total. The first-order valence-corrected chi connectivity index (χ1v) is 14.7. The topological polar surface area (TPSA) is 34.5 Å². The summed E-state index contributed by atoms with van der Waals surface area (Å²) in [5.41, 5.74) is 2.90. The molecule has 0 spiro atoms. The Balaban J connectivity index is 2.07. The van der Waals surface area contributed by atoms with Gasteiger partial charge in [-0.05, 0) is 0 Å². The SMILES string of the molecule is C[CH2][Ge]([CH2]C)([CH2]C)[CH]1C(c2ccccn2)=NOC1c1ccc(F)cc1. The number of halogens is 1. The molecule has 0 bridgehead atoms. The van der Waals surface area contributed by atoms with Crippen LogP contribution in [-0.2, 0) is 4.84 Å². The van der Waals surface area contributed by atoms with Gasteiger partial charge in [-0.25, -0.2) is 0 Å². The molecule has 0 saturated carbocycles. The van der Waals surface area contributed by atoms with E-state index in [0.717, 1.165) is 17.0 Å². The van der Waals surface area contributed by atoms with Crippen molar-refractivity contribution in [2.45, 2.75) is 47.4 Å². The van der Waals surface area contributed by atoms with E-state index in [1.165, 1.54) is 27.9 Å². The van der Waals surface area contributed by atoms with Crippen LogP contribution < -0.4 is 0 Å². The van der Waals surface area contributed by atoms with Gasteiger partial charge in [0, 0.05) is 0 Å². The molecule has 0 fully saturated rings. The average molecular weight is 401 g/mol. The van der Waals surface area contributed by atoms with Crippen molar-refractivity contribution >= 4 is 19.0 Å². The van der Waals surface area contributed by atoms with Crippen LogP contribution in [0.5, 0.6) is 0 Å². The molecule has 0 amide bonds. The maximum absolute atomic E-state index is 13.4. The fourth-order valence-electron chi connectivity index (χ4n) is 4.02. The van der Waals surface area contributed by atoms with Crippen molar-refractivity contribution in [3.8, 4) is 0 Å². The summed E-state index contributed by atoms with van der Waals surface area (Å²) in [6, 6.07) is 12.6. The zero-order valence-electron chi connectivity index (χ0n) is 15.1. The van der Waals surface area contributed by atoms with E-state index in [9.17, 15) is 4.39 Å². The molecule has 1 aromatic heterocycles. The standard InChI is InChI=1S/C20H25FGeN2O/c1-4-22(5-2,6-3)18-19(17-9-7-8-14-23-17)24-25-20(18)15-10-12-16(21)13-11-15/h7-14,18,20H,4-6H2,1-3H3. The zero-order chi connectivity index (χ0) is 17.9. The first kappa shape index (κ1) is 18.1. The summed E-state index contributed by atoms with van der Waals surface area (Å²) >= 11 is -2.29. The third kappa shape index (κ3) is 3.36. The van der Waals surface area contributed by atoms with E-state index in [0.29, 0.717) is 0 Å². The number of oxime groups is 1. The molecule has 2 atom stereocenters. The Bertz CT molecular complexity index is 721. The first-order valence-electron chi connectivity index (χ1n) is 9.05. The van der Waals surface area contributed by atoms with Gasteiger partial charge < -0.3 is 0 Å². The molecule has 0 radical (unpaired) electrons. The van der Waals surface area contributed by atoms with Crippen molar-refractivity contribution in [2.75, 3.05) is 0 Å². The van der Waals surface area contributed by atoms with Crippen molar-refractivity contribution in [1.82, 2.24) is 4.98 Å². The number of hydrogen-bond donors (Lipinski definition) is 0. The molecule has 1 aliphatic rings. The molecule has 5 heteroatoms. The van der Waals surface area contributed by atoms with Crippen LogP contribution in [0, 0.1) is 5.82 Å². The molecule has 0 aliphatic carbocycles. The number of hydrogen-bond acceptors (Lipinski definition) is 3. The van der Waals surface area contributed by atoms with Gasteiger partial charge >= 0.3 is 151 Å². The molecular formula is C20H25FGeN2O. The molecule has 2 heterocycles. The molecule has 1 aromatic carbocycles. The second-order valence-corrected chi connectivity index (χ2v) is 18.1. The normalized spacial score (nSPS) is 20.2. The maximum atomic E-state index is 13.4. The summed E-state index contributed by atoms with van der Waals surface area (Å²) in [7, 11) is 0. The van der Waals surface area contributed by atoms with Crippen LogP contribution in [0.3, 0.4) is 0 Å². The van der Waals surface area contributed by atoms with Crippen LogP contribution in [-0.4, -0.2) is 24.0 Å². The van der Waals surface area contributed by atoms with Gasteiger partial charge in [-0.15, -0.1) is 0 Å². The van der Waals surface area contributed by atoms with Gasteiger partial charge in [0.15, 0.2) is 0 Å². The fourth-order valence-corrected chi connectivity index (χ4v) is 13.5. The van der Waals surface area contributed by atoms with Gasteiger partial charge in [0.1, 0.15) is 0 Å². The van der Waals surface area contributed by atoms with E-state index < -0.39 is 13.3 Å². The summed E-state index contributed by atoms with van der Waals surface area (Å²) in [5.74, 6) is -0.224. The monoisotopic (exact) mass is 402 g/mol. The predicted octanol–water partition coefficient (Wildman–Crippen LogP) is 5.58. The molecule has 2 aromatic rings. The summed E-state index contributed by atoms with van der Waals surface area (Å²) in [5, 5.41) is 8.12. The minimum atomic E-state index is -2.29. The summed E-state index contributed by atoms with van der Waals surface area (Å²) in [6.45, 7) is 6.93. The molecule has 2 unspecified atom stereocenters. The van der Waals surface area contributed by atoms with Gasteiger partial charge in [0.25, 0.3) is 0 Å². The molecule has 25 heavy (non-hydrogen) atoms. The Morgan fingerprint density at radius 1 is 1.00 bits per heavy atom. The van der Waals surface area contributed by atoms with Crippen molar-refractivity contribution in [2.24, 2.45) is 5.16 Å². The van der Waals surface area contributed by atoms with Crippen molar-refractivity contribution in [3.63, 3.8) is 0 Å². The quantitative estimate of drug-likeness (QED) is 0.593. The third-order valence-electron chi connectivity index (χ3n) is 5.76. The Morgan fingerprint density at radius 2 is 1.68 bits per heavy atom. The Morgan fingerprint density at radius 3 is 2.24 bits per heavy atom. The Labute approximate surface area is 151 Å². The summed E-state index contributed by atoms with van der Waals surface area (Å²) < 4.78 is 13.7. The van der Waals surface area contributed by atoms with Crippen LogP contribution in [0.25, 0.3) is 0 Å². The Hall–Kier alpha value is -1.69. The number of nitrogens with zero attached hydrogens (tertiary/aromatic N) is 2.